The van der Waals surface area contributed by atoms with Crippen LogP contribution in [0.4, 0.5) is 5.69 Å². The number of nitrogens with one attached hydrogen (secondary N) is 1. The molecule has 0 fully saturated rings. The zero-order chi connectivity index (χ0) is 14.6. The Morgan fingerprint density at radius 3 is 3.00 bits per heavy atom. The molecule has 0 saturated heterocycles. The smallest absolute Gasteiger partial charge is 0.342 e. The summed E-state index contributed by atoms with van der Waals surface area (Å²) in [6, 6.07) is 5.42. The fourth-order valence-corrected chi connectivity index (χ4v) is 1.90. The maximum absolute atomic E-state index is 12.1. The fourth-order valence-electron chi connectivity index (χ4n) is 1.90. The topological polar surface area (TPSA) is 56.8 Å². The molecule has 5 heteroatoms. The summed E-state index contributed by atoms with van der Waals surface area (Å²) in [7, 11) is 1.65. The molecule has 0 saturated carbocycles. The monoisotopic (exact) mass is 279 g/mol. The number of para-hydroxylation sites is 1. The first-order valence-electron chi connectivity index (χ1n) is 6.75. The van der Waals surface area contributed by atoms with Crippen LogP contribution in [0.5, 0.6) is 5.75 Å². The van der Waals surface area contributed by atoms with E-state index in [2.05, 4.69) is 5.32 Å². The number of hydrogen-bond acceptors (Lipinski definition) is 5. The van der Waals surface area contributed by atoms with Crippen LogP contribution in [0.15, 0.2) is 18.2 Å². The molecule has 2 rings (SSSR count). The molecule has 1 aliphatic rings. The van der Waals surface area contributed by atoms with Crippen molar-refractivity contribution < 1.29 is 19.0 Å². The van der Waals surface area contributed by atoms with Crippen molar-refractivity contribution in [3.05, 3.63) is 23.8 Å². The second-order valence-corrected chi connectivity index (χ2v) is 5.31. The Balaban J connectivity index is 2.00. The first kappa shape index (κ1) is 14.7. The molecule has 0 atom stereocenters. The van der Waals surface area contributed by atoms with Crippen molar-refractivity contribution in [2.45, 2.75) is 25.9 Å². The van der Waals surface area contributed by atoms with Crippen LogP contribution in [0.2, 0.25) is 0 Å². The highest BCUT2D eigenvalue weighted by Crippen LogP contribution is 2.31. The number of anilines is 1. The van der Waals surface area contributed by atoms with E-state index in [0.717, 1.165) is 12.2 Å². The predicted molar refractivity (Wildman–Crippen MR) is 76.4 cm³/mol. The number of carbonyl (C=O) groups is 1. The Labute approximate surface area is 119 Å². The van der Waals surface area contributed by atoms with E-state index in [0.29, 0.717) is 30.9 Å². The van der Waals surface area contributed by atoms with Gasteiger partial charge in [-0.25, -0.2) is 4.79 Å². The van der Waals surface area contributed by atoms with Crippen LogP contribution in [-0.2, 0) is 9.47 Å². The van der Waals surface area contributed by atoms with Gasteiger partial charge in [0, 0.05) is 20.1 Å². The van der Waals surface area contributed by atoms with Gasteiger partial charge in [0.25, 0.3) is 0 Å². The number of ether oxygens (including phenoxy) is 3. The Hall–Kier alpha value is -1.75. The van der Waals surface area contributed by atoms with Gasteiger partial charge in [-0.05, 0) is 26.0 Å². The van der Waals surface area contributed by atoms with Gasteiger partial charge >= 0.3 is 5.97 Å². The molecule has 0 unspecified atom stereocenters. The van der Waals surface area contributed by atoms with E-state index >= 15 is 0 Å². The third-order valence-electron chi connectivity index (χ3n) is 3.39. The van der Waals surface area contributed by atoms with Crippen molar-refractivity contribution in [1.82, 2.24) is 0 Å². The largest absolute Gasteiger partial charge is 0.489 e. The van der Waals surface area contributed by atoms with Crippen molar-refractivity contribution in [2.24, 2.45) is 0 Å². The molecule has 5 nitrogen and oxygen atoms in total. The van der Waals surface area contributed by atoms with Crippen LogP contribution in [0.3, 0.4) is 0 Å². The molecule has 0 aliphatic carbocycles. The number of fused-ring (bicyclic) bond motifs is 1. The molecule has 1 aliphatic heterocycles. The van der Waals surface area contributed by atoms with Gasteiger partial charge in [0.1, 0.15) is 12.2 Å². The van der Waals surface area contributed by atoms with Crippen LogP contribution < -0.4 is 10.1 Å². The first-order chi connectivity index (χ1) is 9.53. The molecular formula is C15H21NO4. The van der Waals surface area contributed by atoms with Crippen molar-refractivity contribution in [3.63, 3.8) is 0 Å². The zero-order valence-corrected chi connectivity index (χ0v) is 12.2. The number of benzene rings is 1. The van der Waals surface area contributed by atoms with Crippen LogP contribution in [-0.4, -0.2) is 38.4 Å². The summed E-state index contributed by atoms with van der Waals surface area (Å²) in [6.45, 7) is 5.52. The van der Waals surface area contributed by atoms with Crippen LogP contribution in [0.1, 0.15) is 30.6 Å². The van der Waals surface area contributed by atoms with Gasteiger partial charge in [-0.1, -0.05) is 6.07 Å². The summed E-state index contributed by atoms with van der Waals surface area (Å²) >= 11 is 0. The average Bonchev–Trinajstić information content (AvgIpc) is 2.46. The van der Waals surface area contributed by atoms with E-state index < -0.39 is 0 Å². The second kappa shape index (κ2) is 6.13. The summed E-state index contributed by atoms with van der Waals surface area (Å²) in [6.07, 6.45) is 0.642. The lowest BCUT2D eigenvalue weighted by atomic mass is 10.1. The normalized spacial score (nSPS) is 13.9. The lowest BCUT2D eigenvalue weighted by Gasteiger charge is -2.23. The molecule has 0 amide bonds. The molecule has 1 N–H and O–H groups in total. The molecule has 1 heterocycles. The van der Waals surface area contributed by atoms with E-state index in [1.54, 1.807) is 13.2 Å². The standard InChI is InChI=1S/C15H21NO4/c1-15(2,18-3)7-9-20-14(17)11-5-4-6-12-13(11)19-10-8-16-12/h4-6,16H,7-10H2,1-3H3. The Kier molecular flexibility index (Phi) is 4.49. The number of esters is 1. The predicted octanol–water partition coefficient (Wildman–Crippen LogP) is 2.46. The number of carbonyl (C=O) groups excluding carboxylic acids is 1. The van der Waals surface area contributed by atoms with E-state index in [9.17, 15) is 4.79 Å². The average molecular weight is 279 g/mol. The third-order valence-corrected chi connectivity index (χ3v) is 3.39. The van der Waals surface area contributed by atoms with Gasteiger partial charge < -0.3 is 19.5 Å². The van der Waals surface area contributed by atoms with Gasteiger partial charge in [-0.2, -0.15) is 0 Å². The molecule has 0 radical (unpaired) electrons. The number of methoxy groups -OCH3 is 1. The fraction of sp³-hybridized carbons (Fsp3) is 0.533. The summed E-state index contributed by atoms with van der Waals surface area (Å²) in [4.78, 5) is 12.1. The minimum absolute atomic E-state index is 0.297. The van der Waals surface area contributed by atoms with E-state index in [-0.39, 0.29) is 11.6 Å². The Morgan fingerprint density at radius 2 is 2.25 bits per heavy atom. The molecule has 0 spiro atoms. The van der Waals surface area contributed by atoms with E-state index in [1.807, 2.05) is 26.0 Å². The maximum atomic E-state index is 12.1. The zero-order valence-electron chi connectivity index (χ0n) is 12.2. The summed E-state index contributed by atoms with van der Waals surface area (Å²) in [5.74, 6) is 0.215. The molecule has 20 heavy (non-hydrogen) atoms. The van der Waals surface area contributed by atoms with Gasteiger partial charge in [0.05, 0.1) is 17.9 Å². The first-order valence-corrected chi connectivity index (χ1v) is 6.75. The molecule has 110 valence electrons. The lowest BCUT2D eigenvalue weighted by Crippen LogP contribution is -2.25. The van der Waals surface area contributed by atoms with Crippen molar-refractivity contribution >= 4 is 11.7 Å². The maximum Gasteiger partial charge on any atom is 0.342 e. The SMILES string of the molecule is COC(C)(C)CCOC(=O)c1cccc2c1OCCN2. The van der Waals surface area contributed by atoms with E-state index in [4.69, 9.17) is 14.2 Å². The lowest BCUT2D eigenvalue weighted by molar-refractivity contribution is -0.00571. The Bertz CT molecular complexity index is 485. The molecule has 0 bridgehead atoms. The van der Waals surface area contributed by atoms with Crippen molar-refractivity contribution in [3.8, 4) is 5.75 Å². The quantitative estimate of drug-likeness (QED) is 0.839. The summed E-state index contributed by atoms with van der Waals surface area (Å²) < 4.78 is 16.2. The van der Waals surface area contributed by atoms with Crippen LogP contribution >= 0.6 is 0 Å². The van der Waals surface area contributed by atoms with Gasteiger partial charge in [-0.15, -0.1) is 0 Å². The summed E-state index contributed by atoms with van der Waals surface area (Å²) in [5.41, 5.74) is 1.00. The molecule has 0 aromatic heterocycles. The summed E-state index contributed by atoms with van der Waals surface area (Å²) in [5, 5.41) is 3.19. The van der Waals surface area contributed by atoms with Gasteiger partial charge in [0.15, 0.2) is 5.75 Å². The highest BCUT2D eigenvalue weighted by Gasteiger charge is 2.21. The highest BCUT2D eigenvalue weighted by atomic mass is 16.5. The molecular weight excluding hydrogens is 258 g/mol. The van der Waals surface area contributed by atoms with Crippen LogP contribution in [0, 0.1) is 0 Å². The number of hydrogen-bond donors (Lipinski definition) is 1. The van der Waals surface area contributed by atoms with Crippen molar-refractivity contribution in [2.75, 3.05) is 32.2 Å². The Morgan fingerprint density at radius 1 is 1.45 bits per heavy atom. The van der Waals surface area contributed by atoms with Gasteiger partial charge in [0.2, 0.25) is 0 Å². The minimum atomic E-state index is -0.363. The van der Waals surface area contributed by atoms with Crippen LogP contribution in [0.25, 0.3) is 0 Å². The van der Waals surface area contributed by atoms with Crippen molar-refractivity contribution in [1.29, 1.82) is 0 Å². The van der Waals surface area contributed by atoms with E-state index in [1.165, 1.54) is 0 Å². The molecule has 1 aromatic carbocycles. The molecule has 1 aromatic rings. The third kappa shape index (κ3) is 3.42. The number of rotatable bonds is 5. The minimum Gasteiger partial charge on any atom is -0.489 e. The highest BCUT2D eigenvalue weighted by molar-refractivity contribution is 5.95. The van der Waals surface area contributed by atoms with Gasteiger partial charge in [-0.3, -0.25) is 0 Å². The second-order valence-electron chi connectivity index (χ2n) is 5.31.